The van der Waals surface area contributed by atoms with Crippen LogP contribution in [0, 0.1) is 17.5 Å². The van der Waals surface area contributed by atoms with Crippen LogP contribution in [0.15, 0.2) is 59.4 Å². The van der Waals surface area contributed by atoms with Crippen molar-refractivity contribution in [1.82, 2.24) is 14.5 Å². The van der Waals surface area contributed by atoms with Gasteiger partial charge in [-0.2, -0.15) is 0 Å². The number of pyridine rings is 1. The zero-order valence-electron chi connectivity index (χ0n) is 16.1. The van der Waals surface area contributed by atoms with Gasteiger partial charge in [0, 0.05) is 5.56 Å². The predicted octanol–water partition coefficient (Wildman–Crippen LogP) is 4.34. The number of hydrogen-bond acceptors (Lipinski definition) is 5. The Hall–Kier alpha value is -3.65. The molecule has 8 heteroatoms. The Bertz CT molecular complexity index is 1410. The van der Waals surface area contributed by atoms with Crippen molar-refractivity contribution in [3.05, 3.63) is 86.7 Å². The molecule has 0 amide bonds. The molecule has 0 bridgehead atoms. The number of fused-ring (bicyclic) bond motifs is 1. The molecule has 1 N–H and O–H groups in total. The number of methoxy groups -OCH3 is 1. The van der Waals surface area contributed by atoms with Crippen molar-refractivity contribution in [1.29, 1.82) is 0 Å². The summed E-state index contributed by atoms with van der Waals surface area (Å²) in [6, 6.07) is 14.6. The van der Waals surface area contributed by atoms with Gasteiger partial charge in [-0.15, -0.1) is 0 Å². The van der Waals surface area contributed by atoms with E-state index in [9.17, 15) is 14.0 Å². The molecule has 4 aromatic rings. The summed E-state index contributed by atoms with van der Waals surface area (Å²) in [6.45, 7) is 1.93. The van der Waals surface area contributed by atoms with Crippen LogP contribution in [0.2, 0.25) is 0 Å². The average molecular weight is 421 g/mol. The molecule has 2 aromatic carbocycles. The van der Waals surface area contributed by atoms with E-state index in [1.165, 1.54) is 25.3 Å². The van der Waals surface area contributed by atoms with Gasteiger partial charge in [-0.1, -0.05) is 12.1 Å². The first-order valence-corrected chi connectivity index (χ1v) is 9.41. The van der Waals surface area contributed by atoms with Crippen LogP contribution in [-0.4, -0.2) is 27.6 Å². The number of hydrogen-bond donors (Lipinski definition) is 1. The van der Waals surface area contributed by atoms with Crippen molar-refractivity contribution in [2.75, 3.05) is 7.11 Å². The standard InChI is InChI=1S/C22H16FN3O3S/c1-12-4-3-5-15(10-12)26-19-18(20(27)25-22(26)30)16(21(28)29-2)11-17(24-19)13-6-8-14(23)9-7-13/h3-11H,1-2H3,(H,25,27,30). The lowest BCUT2D eigenvalue weighted by Crippen LogP contribution is -2.19. The fourth-order valence-electron chi connectivity index (χ4n) is 3.28. The van der Waals surface area contributed by atoms with Crippen LogP contribution in [0.1, 0.15) is 15.9 Å². The first-order chi connectivity index (χ1) is 14.4. The Labute approximate surface area is 175 Å². The predicted molar refractivity (Wildman–Crippen MR) is 114 cm³/mol. The van der Waals surface area contributed by atoms with Crippen molar-refractivity contribution in [3.63, 3.8) is 0 Å². The van der Waals surface area contributed by atoms with E-state index in [4.69, 9.17) is 17.0 Å². The van der Waals surface area contributed by atoms with Crippen LogP contribution < -0.4 is 5.56 Å². The molecule has 30 heavy (non-hydrogen) atoms. The van der Waals surface area contributed by atoms with Gasteiger partial charge in [0.1, 0.15) is 5.82 Å². The summed E-state index contributed by atoms with van der Waals surface area (Å²) in [5.41, 5.74) is 2.32. The number of aromatic nitrogens is 3. The molecular weight excluding hydrogens is 405 g/mol. The molecule has 0 aliphatic carbocycles. The lowest BCUT2D eigenvalue weighted by Gasteiger charge is -2.14. The maximum atomic E-state index is 13.4. The second-order valence-corrected chi connectivity index (χ2v) is 7.07. The molecule has 0 spiro atoms. The highest BCUT2D eigenvalue weighted by molar-refractivity contribution is 7.71. The summed E-state index contributed by atoms with van der Waals surface area (Å²) < 4.78 is 20.0. The summed E-state index contributed by atoms with van der Waals surface area (Å²) >= 11 is 5.41. The first-order valence-electron chi connectivity index (χ1n) is 9.00. The van der Waals surface area contributed by atoms with Gasteiger partial charge in [0.15, 0.2) is 10.4 Å². The number of aromatic amines is 1. The molecule has 4 rings (SSSR count). The first kappa shape index (κ1) is 19.7. The lowest BCUT2D eigenvalue weighted by molar-refractivity contribution is 0.0603. The fraction of sp³-hybridized carbons (Fsp3) is 0.0909. The highest BCUT2D eigenvalue weighted by Crippen LogP contribution is 2.26. The van der Waals surface area contributed by atoms with E-state index in [0.29, 0.717) is 16.9 Å². The van der Waals surface area contributed by atoms with Gasteiger partial charge >= 0.3 is 5.97 Å². The summed E-state index contributed by atoms with van der Waals surface area (Å²) in [6.07, 6.45) is 0. The molecule has 0 saturated heterocycles. The van der Waals surface area contributed by atoms with Crippen LogP contribution in [0.5, 0.6) is 0 Å². The van der Waals surface area contributed by atoms with Gasteiger partial charge in [0.25, 0.3) is 5.56 Å². The molecule has 0 saturated carbocycles. The number of nitrogens with zero attached hydrogens (tertiary/aromatic N) is 2. The van der Waals surface area contributed by atoms with Crippen LogP contribution in [0.4, 0.5) is 4.39 Å². The zero-order valence-corrected chi connectivity index (χ0v) is 16.9. The minimum atomic E-state index is -0.691. The van der Waals surface area contributed by atoms with Crippen molar-refractivity contribution >= 4 is 29.2 Å². The van der Waals surface area contributed by atoms with Crippen molar-refractivity contribution < 1.29 is 13.9 Å². The number of esters is 1. The Kier molecular flexibility index (Phi) is 5.01. The number of benzene rings is 2. The van der Waals surface area contributed by atoms with Crippen LogP contribution >= 0.6 is 12.2 Å². The minimum absolute atomic E-state index is 0.0412. The number of carbonyl (C=O) groups excluding carboxylic acids is 1. The van der Waals surface area contributed by atoms with Crippen molar-refractivity contribution in [3.8, 4) is 16.9 Å². The molecule has 150 valence electrons. The van der Waals surface area contributed by atoms with Crippen molar-refractivity contribution in [2.45, 2.75) is 6.92 Å². The normalized spacial score (nSPS) is 10.9. The molecule has 6 nitrogen and oxygen atoms in total. The van der Waals surface area contributed by atoms with Gasteiger partial charge in [0.05, 0.1) is 29.4 Å². The van der Waals surface area contributed by atoms with Crippen LogP contribution in [-0.2, 0) is 4.74 Å². The largest absolute Gasteiger partial charge is 0.465 e. The topological polar surface area (TPSA) is 77.0 Å². The third-order valence-electron chi connectivity index (χ3n) is 4.67. The summed E-state index contributed by atoms with van der Waals surface area (Å²) in [7, 11) is 1.23. The number of H-pyrrole nitrogens is 1. The molecule has 0 fully saturated rings. The molecule has 2 heterocycles. The minimum Gasteiger partial charge on any atom is -0.465 e. The number of rotatable bonds is 3. The van der Waals surface area contributed by atoms with E-state index < -0.39 is 17.3 Å². The average Bonchev–Trinajstić information content (AvgIpc) is 2.73. The second kappa shape index (κ2) is 7.64. The van der Waals surface area contributed by atoms with Gasteiger partial charge in [0.2, 0.25) is 0 Å². The molecule has 0 aliphatic rings. The molecule has 0 unspecified atom stereocenters. The van der Waals surface area contributed by atoms with Crippen LogP contribution in [0.25, 0.3) is 28.0 Å². The van der Waals surface area contributed by atoms with E-state index in [-0.39, 0.29) is 21.4 Å². The highest BCUT2D eigenvalue weighted by Gasteiger charge is 2.20. The Morgan fingerprint density at radius 3 is 2.57 bits per heavy atom. The third-order valence-corrected chi connectivity index (χ3v) is 4.95. The number of carbonyl (C=O) groups is 1. The summed E-state index contributed by atoms with van der Waals surface area (Å²) in [4.78, 5) is 32.5. The Balaban J connectivity index is 2.16. The number of aryl methyl sites for hydroxylation is 1. The van der Waals surface area contributed by atoms with Gasteiger partial charge in [-0.25, -0.2) is 14.2 Å². The van der Waals surface area contributed by atoms with Gasteiger partial charge in [-0.05, 0) is 67.2 Å². The third kappa shape index (κ3) is 3.42. The fourth-order valence-corrected chi connectivity index (χ4v) is 3.56. The number of ether oxygens (including phenoxy) is 1. The second-order valence-electron chi connectivity index (χ2n) is 6.69. The van der Waals surface area contributed by atoms with E-state index >= 15 is 0 Å². The summed E-state index contributed by atoms with van der Waals surface area (Å²) in [5, 5.41) is 0.0582. The Morgan fingerprint density at radius 1 is 1.17 bits per heavy atom. The number of nitrogens with one attached hydrogen (secondary N) is 1. The van der Waals surface area contributed by atoms with Gasteiger partial charge in [-0.3, -0.25) is 14.3 Å². The quantitative estimate of drug-likeness (QED) is 0.393. The summed E-state index contributed by atoms with van der Waals surface area (Å²) in [5.74, 6) is -1.09. The molecule has 0 radical (unpaired) electrons. The van der Waals surface area contributed by atoms with E-state index in [1.54, 1.807) is 16.7 Å². The smallest absolute Gasteiger partial charge is 0.338 e. The maximum Gasteiger partial charge on any atom is 0.338 e. The zero-order chi connectivity index (χ0) is 21.4. The van der Waals surface area contributed by atoms with E-state index in [0.717, 1.165) is 5.56 Å². The molecule has 2 aromatic heterocycles. The molecular formula is C22H16FN3O3S. The maximum absolute atomic E-state index is 13.4. The molecule has 0 atom stereocenters. The Morgan fingerprint density at radius 2 is 1.90 bits per heavy atom. The van der Waals surface area contributed by atoms with Crippen molar-refractivity contribution in [2.24, 2.45) is 0 Å². The number of halogens is 1. The monoisotopic (exact) mass is 421 g/mol. The SMILES string of the molecule is COC(=O)c1cc(-c2ccc(F)cc2)nc2c1c(=O)[nH]c(=S)n2-c1cccc(C)c1. The van der Waals surface area contributed by atoms with Crippen LogP contribution in [0.3, 0.4) is 0 Å². The van der Waals surface area contributed by atoms with E-state index in [2.05, 4.69) is 9.97 Å². The highest BCUT2D eigenvalue weighted by atomic mass is 32.1. The molecule has 0 aliphatic heterocycles. The van der Waals surface area contributed by atoms with E-state index in [1.807, 2.05) is 31.2 Å². The lowest BCUT2D eigenvalue weighted by atomic mass is 10.1. The van der Waals surface area contributed by atoms with Gasteiger partial charge < -0.3 is 4.74 Å².